The summed E-state index contributed by atoms with van der Waals surface area (Å²) in [5.41, 5.74) is 4.22. The number of piperidine rings is 1. The van der Waals surface area contributed by atoms with Gasteiger partial charge in [-0.25, -0.2) is 0 Å². The SMILES string of the molecule is COc1ccc(N2CCN(CCCOc3ccc(C(=O)N4CCC(N5C(=O)CCc6ccccc65)CC4)cc3)CC2)cc1. The van der Waals surface area contributed by atoms with E-state index in [1.54, 1.807) is 7.11 Å². The minimum absolute atomic E-state index is 0.0455. The molecule has 0 bridgehead atoms. The molecule has 43 heavy (non-hydrogen) atoms. The van der Waals surface area contributed by atoms with E-state index in [-0.39, 0.29) is 17.9 Å². The number of carbonyl (C=O) groups is 2. The summed E-state index contributed by atoms with van der Waals surface area (Å²) in [4.78, 5) is 34.9. The number of hydrogen-bond donors (Lipinski definition) is 0. The Morgan fingerprint density at radius 1 is 0.814 bits per heavy atom. The van der Waals surface area contributed by atoms with E-state index in [2.05, 4.69) is 34.1 Å². The number of ether oxygens (including phenoxy) is 2. The monoisotopic (exact) mass is 582 g/mol. The van der Waals surface area contributed by atoms with Crippen LogP contribution in [0, 0.1) is 0 Å². The van der Waals surface area contributed by atoms with Crippen molar-refractivity contribution in [1.82, 2.24) is 9.80 Å². The summed E-state index contributed by atoms with van der Waals surface area (Å²) in [6, 6.07) is 24.2. The van der Waals surface area contributed by atoms with Crippen molar-refractivity contribution in [1.29, 1.82) is 0 Å². The van der Waals surface area contributed by atoms with E-state index in [0.29, 0.717) is 31.7 Å². The number of likely N-dealkylation sites (tertiary alicyclic amines) is 1. The second kappa shape index (κ2) is 13.5. The van der Waals surface area contributed by atoms with Crippen LogP contribution in [-0.4, -0.2) is 87.2 Å². The highest BCUT2D eigenvalue weighted by Gasteiger charge is 2.33. The molecular formula is C35H42N4O4. The van der Waals surface area contributed by atoms with E-state index < -0.39 is 0 Å². The zero-order valence-corrected chi connectivity index (χ0v) is 25.1. The van der Waals surface area contributed by atoms with Gasteiger partial charge >= 0.3 is 0 Å². The Labute approximate surface area is 254 Å². The van der Waals surface area contributed by atoms with Crippen LogP contribution in [0.4, 0.5) is 11.4 Å². The van der Waals surface area contributed by atoms with Crippen molar-refractivity contribution < 1.29 is 19.1 Å². The number of rotatable bonds is 9. The first-order valence-corrected chi connectivity index (χ1v) is 15.6. The second-order valence-corrected chi connectivity index (χ2v) is 11.7. The first-order valence-electron chi connectivity index (χ1n) is 15.6. The molecule has 8 heteroatoms. The summed E-state index contributed by atoms with van der Waals surface area (Å²) in [6.45, 7) is 7.10. The molecule has 3 aromatic carbocycles. The quantitative estimate of drug-likeness (QED) is 0.336. The topological polar surface area (TPSA) is 65.6 Å². The summed E-state index contributed by atoms with van der Waals surface area (Å²) < 4.78 is 11.3. The van der Waals surface area contributed by atoms with Crippen LogP contribution in [0.3, 0.4) is 0 Å². The number of amides is 2. The molecule has 8 nitrogen and oxygen atoms in total. The van der Waals surface area contributed by atoms with E-state index in [1.165, 1.54) is 11.3 Å². The number of fused-ring (bicyclic) bond motifs is 1. The lowest BCUT2D eigenvalue weighted by Gasteiger charge is -2.41. The van der Waals surface area contributed by atoms with Gasteiger partial charge in [-0.1, -0.05) is 18.2 Å². The standard InChI is InChI=1S/C35H42N4O4/c1-42-31-14-10-29(11-15-31)37-24-22-36(23-25-37)19-4-26-43-32-12-7-28(8-13-32)35(41)38-20-17-30(18-21-38)39-33-6-3-2-5-27(33)9-16-34(39)40/h2-3,5-8,10-15,30H,4,9,16-26H2,1H3. The van der Waals surface area contributed by atoms with Crippen molar-refractivity contribution in [2.45, 2.75) is 38.1 Å². The molecule has 6 rings (SSSR count). The van der Waals surface area contributed by atoms with Crippen LogP contribution in [0.25, 0.3) is 0 Å². The first-order chi connectivity index (χ1) is 21.1. The average Bonchev–Trinajstić information content (AvgIpc) is 3.07. The van der Waals surface area contributed by atoms with E-state index >= 15 is 0 Å². The molecule has 0 aromatic heterocycles. The number of anilines is 2. The molecule has 2 saturated heterocycles. The third-order valence-electron chi connectivity index (χ3n) is 9.04. The Bertz CT molecular complexity index is 1380. The van der Waals surface area contributed by atoms with Crippen molar-refractivity contribution >= 4 is 23.2 Å². The van der Waals surface area contributed by atoms with Crippen LogP contribution in [0.1, 0.15) is 41.6 Å². The van der Waals surface area contributed by atoms with Crippen LogP contribution in [0.15, 0.2) is 72.8 Å². The lowest BCUT2D eigenvalue weighted by atomic mass is 9.95. The smallest absolute Gasteiger partial charge is 0.253 e. The first kappa shape index (κ1) is 29.1. The zero-order valence-electron chi connectivity index (χ0n) is 25.1. The number of piperazine rings is 1. The number of nitrogens with zero attached hydrogens (tertiary/aromatic N) is 4. The van der Waals surface area contributed by atoms with Gasteiger partial charge in [0.05, 0.1) is 13.7 Å². The summed E-state index contributed by atoms with van der Waals surface area (Å²) in [6.07, 6.45) is 3.92. The summed E-state index contributed by atoms with van der Waals surface area (Å²) in [5.74, 6) is 1.93. The van der Waals surface area contributed by atoms with Gasteiger partial charge < -0.3 is 24.2 Å². The van der Waals surface area contributed by atoms with Crippen molar-refractivity contribution in [3.8, 4) is 11.5 Å². The highest BCUT2D eigenvalue weighted by Crippen LogP contribution is 2.32. The molecule has 226 valence electrons. The Hall–Kier alpha value is -4.04. The summed E-state index contributed by atoms with van der Waals surface area (Å²) in [7, 11) is 1.69. The largest absolute Gasteiger partial charge is 0.497 e. The summed E-state index contributed by atoms with van der Waals surface area (Å²) >= 11 is 0. The fourth-order valence-electron chi connectivity index (χ4n) is 6.56. The van der Waals surface area contributed by atoms with Crippen LogP contribution in [-0.2, 0) is 11.2 Å². The molecule has 0 N–H and O–H groups in total. The normalized spacial score (nSPS) is 18.0. The van der Waals surface area contributed by atoms with Crippen LogP contribution in [0.2, 0.25) is 0 Å². The summed E-state index contributed by atoms with van der Waals surface area (Å²) in [5, 5.41) is 0. The van der Waals surface area contributed by atoms with Gasteiger partial charge in [-0.3, -0.25) is 14.5 Å². The molecule has 2 amide bonds. The molecule has 0 saturated carbocycles. The predicted octanol–water partition coefficient (Wildman–Crippen LogP) is 4.87. The third kappa shape index (κ3) is 6.80. The number of aryl methyl sites for hydroxylation is 1. The van der Waals surface area contributed by atoms with Crippen LogP contribution in [0.5, 0.6) is 11.5 Å². The third-order valence-corrected chi connectivity index (χ3v) is 9.04. The van der Waals surface area contributed by atoms with Gasteiger partial charge in [0.25, 0.3) is 5.91 Å². The molecule has 3 aliphatic rings. The number of hydrogen-bond acceptors (Lipinski definition) is 6. The molecular weight excluding hydrogens is 540 g/mol. The van der Waals surface area contributed by atoms with Crippen LogP contribution < -0.4 is 19.3 Å². The Balaban J connectivity index is 0.911. The van der Waals surface area contributed by atoms with Gasteiger partial charge in [-0.15, -0.1) is 0 Å². The number of methoxy groups -OCH3 is 1. The van der Waals surface area contributed by atoms with Crippen molar-refractivity contribution in [3.63, 3.8) is 0 Å². The Morgan fingerprint density at radius 2 is 1.51 bits per heavy atom. The van der Waals surface area contributed by atoms with Gasteiger partial charge in [0, 0.05) is 75.2 Å². The molecule has 2 fully saturated rings. The number of carbonyl (C=O) groups excluding carboxylic acids is 2. The van der Waals surface area contributed by atoms with Gasteiger partial charge in [-0.05, 0) is 85.8 Å². The number of benzene rings is 3. The molecule has 3 heterocycles. The molecule has 0 unspecified atom stereocenters. The molecule has 0 aliphatic carbocycles. The lowest BCUT2D eigenvalue weighted by Crippen LogP contribution is -2.50. The fourth-order valence-corrected chi connectivity index (χ4v) is 6.56. The van der Waals surface area contributed by atoms with E-state index in [9.17, 15) is 9.59 Å². The lowest BCUT2D eigenvalue weighted by molar-refractivity contribution is -0.119. The maximum atomic E-state index is 13.2. The van der Waals surface area contributed by atoms with Crippen molar-refractivity contribution in [2.24, 2.45) is 0 Å². The van der Waals surface area contributed by atoms with Crippen LogP contribution >= 0.6 is 0 Å². The van der Waals surface area contributed by atoms with E-state index in [4.69, 9.17) is 9.47 Å². The Kier molecular flexibility index (Phi) is 9.13. The van der Waals surface area contributed by atoms with E-state index in [1.807, 2.05) is 58.3 Å². The van der Waals surface area contributed by atoms with Gasteiger partial charge in [0.2, 0.25) is 5.91 Å². The van der Waals surface area contributed by atoms with Crippen molar-refractivity contribution in [2.75, 3.05) is 69.3 Å². The minimum Gasteiger partial charge on any atom is -0.497 e. The maximum absolute atomic E-state index is 13.2. The Morgan fingerprint density at radius 3 is 2.23 bits per heavy atom. The predicted molar refractivity (Wildman–Crippen MR) is 169 cm³/mol. The van der Waals surface area contributed by atoms with Gasteiger partial charge in [0.15, 0.2) is 0 Å². The molecule has 0 atom stereocenters. The number of para-hydroxylation sites is 1. The van der Waals surface area contributed by atoms with Crippen molar-refractivity contribution in [3.05, 3.63) is 83.9 Å². The minimum atomic E-state index is 0.0455. The molecule has 0 radical (unpaired) electrons. The van der Waals surface area contributed by atoms with Gasteiger partial charge in [-0.2, -0.15) is 0 Å². The molecule has 3 aliphatic heterocycles. The average molecular weight is 583 g/mol. The molecule has 0 spiro atoms. The maximum Gasteiger partial charge on any atom is 0.253 e. The highest BCUT2D eigenvalue weighted by molar-refractivity contribution is 5.97. The zero-order chi connectivity index (χ0) is 29.6. The molecule has 3 aromatic rings. The second-order valence-electron chi connectivity index (χ2n) is 11.7. The highest BCUT2D eigenvalue weighted by atomic mass is 16.5. The van der Waals surface area contributed by atoms with E-state index in [0.717, 1.165) is 75.6 Å². The van der Waals surface area contributed by atoms with Gasteiger partial charge in [0.1, 0.15) is 11.5 Å². The fraction of sp³-hybridized carbons (Fsp3) is 0.429.